The third-order valence-electron chi connectivity index (χ3n) is 3.41. The van der Waals surface area contributed by atoms with Gasteiger partial charge in [0.1, 0.15) is 5.78 Å². The van der Waals surface area contributed by atoms with E-state index in [0.717, 1.165) is 6.42 Å². The molecule has 0 aromatic carbocycles. The normalized spacial score (nSPS) is 25.1. The number of carbonyl (C=O) groups excluding carboxylic acids is 1. The van der Waals surface area contributed by atoms with E-state index in [1.165, 1.54) is 25.9 Å². The molecular weight excluding hydrogens is 188 g/mol. The summed E-state index contributed by atoms with van der Waals surface area (Å²) in [6.45, 7) is 4.07. The smallest absolute Gasteiger partial charge is 0.129 e. The second kappa shape index (κ2) is 6.23. The molecule has 0 aromatic rings. The summed E-state index contributed by atoms with van der Waals surface area (Å²) < 4.78 is 0. The van der Waals surface area contributed by atoms with Gasteiger partial charge >= 0.3 is 0 Å². The molecule has 3 heteroatoms. The van der Waals surface area contributed by atoms with Gasteiger partial charge in [-0.15, -0.1) is 0 Å². The Morgan fingerprint density at radius 1 is 1.60 bits per heavy atom. The average molecular weight is 212 g/mol. The molecule has 0 bridgehead atoms. The first-order valence-electron chi connectivity index (χ1n) is 5.98. The van der Waals surface area contributed by atoms with Crippen LogP contribution in [0.2, 0.25) is 0 Å². The van der Waals surface area contributed by atoms with E-state index in [9.17, 15) is 4.79 Å². The fourth-order valence-electron chi connectivity index (χ4n) is 2.51. The fourth-order valence-corrected chi connectivity index (χ4v) is 2.51. The molecule has 0 aromatic heterocycles. The summed E-state index contributed by atoms with van der Waals surface area (Å²) in [7, 11) is 4.20. The van der Waals surface area contributed by atoms with Crippen LogP contribution >= 0.6 is 0 Å². The molecule has 1 rings (SSSR count). The van der Waals surface area contributed by atoms with E-state index in [2.05, 4.69) is 17.3 Å². The summed E-state index contributed by atoms with van der Waals surface area (Å²) in [5.41, 5.74) is 0. The van der Waals surface area contributed by atoms with Crippen molar-refractivity contribution >= 4 is 5.78 Å². The highest BCUT2D eigenvalue weighted by molar-refractivity contribution is 5.75. The summed E-state index contributed by atoms with van der Waals surface area (Å²) in [5, 5.41) is 3.37. The Balaban J connectivity index is 2.38. The van der Waals surface area contributed by atoms with E-state index in [0.29, 0.717) is 24.2 Å². The highest BCUT2D eigenvalue weighted by Gasteiger charge is 2.24. The number of hydrogen-bond donors (Lipinski definition) is 1. The monoisotopic (exact) mass is 212 g/mol. The Kier molecular flexibility index (Phi) is 5.26. The zero-order chi connectivity index (χ0) is 11.3. The molecule has 1 saturated heterocycles. The second-order valence-corrected chi connectivity index (χ2v) is 4.80. The SMILES string of the molecule is CNC(CCC(C)=O)C1CCCN(C)C1. The molecule has 1 N–H and O–H groups in total. The predicted octanol–water partition coefficient (Wildman–Crippen LogP) is 1.29. The van der Waals surface area contributed by atoms with Crippen LogP contribution in [0.1, 0.15) is 32.6 Å². The first kappa shape index (κ1) is 12.7. The maximum atomic E-state index is 11.0. The fraction of sp³-hybridized carbons (Fsp3) is 0.917. The second-order valence-electron chi connectivity index (χ2n) is 4.80. The van der Waals surface area contributed by atoms with Crippen LogP contribution in [0.5, 0.6) is 0 Å². The van der Waals surface area contributed by atoms with Gasteiger partial charge in [-0.3, -0.25) is 0 Å². The van der Waals surface area contributed by atoms with E-state index in [1.807, 2.05) is 7.05 Å². The molecule has 0 aliphatic carbocycles. The van der Waals surface area contributed by atoms with Crippen molar-refractivity contribution in [2.75, 3.05) is 27.2 Å². The lowest BCUT2D eigenvalue weighted by molar-refractivity contribution is -0.117. The molecule has 0 radical (unpaired) electrons. The summed E-state index contributed by atoms with van der Waals surface area (Å²) >= 11 is 0. The predicted molar refractivity (Wildman–Crippen MR) is 63.0 cm³/mol. The van der Waals surface area contributed by atoms with Crippen LogP contribution in [0, 0.1) is 5.92 Å². The lowest BCUT2D eigenvalue weighted by Gasteiger charge is -2.35. The van der Waals surface area contributed by atoms with Crippen molar-refractivity contribution in [1.82, 2.24) is 10.2 Å². The topological polar surface area (TPSA) is 32.3 Å². The van der Waals surface area contributed by atoms with Crippen LogP contribution in [0.4, 0.5) is 0 Å². The van der Waals surface area contributed by atoms with Gasteiger partial charge in [0.05, 0.1) is 0 Å². The minimum Gasteiger partial charge on any atom is -0.317 e. The number of carbonyl (C=O) groups is 1. The van der Waals surface area contributed by atoms with E-state index in [4.69, 9.17) is 0 Å². The molecule has 2 atom stereocenters. The van der Waals surface area contributed by atoms with Crippen molar-refractivity contribution in [2.24, 2.45) is 5.92 Å². The molecule has 1 aliphatic rings. The highest BCUT2D eigenvalue weighted by Crippen LogP contribution is 2.21. The summed E-state index contributed by atoms with van der Waals surface area (Å²) in [5.74, 6) is 1.02. The summed E-state index contributed by atoms with van der Waals surface area (Å²) in [4.78, 5) is 13.4. The number of nitrogens with zero attached hydrogens (tertiary/aromatic N) is 1. The third-order valence-corrected chi connectivity index (χ3v) is 3.41. The van der Waals surface area contributed by atoms with Gasteiger partial charge in [0, 0.05) is 19.0 Å². The summed E-state index contributed by atoms with van der Waals surface area (Å²) in [6.07, 6.45) is 4.29. The minimum atomic E-state index is 0.305. The number of hydrogen-bond acceptors (Lipinski definition) is 3. The number of nitrogens with one attached hydrogen (secondary N) is 1. The molecule has 1 aliphatic heterocycles. The zero-order valence-corrected chi connectivity index (χ0v) is 10.3. The Hall–Kier alpha value is -0.410. The maximum absolute atomic E-state index is 11.0. The lowest BCUT2D eigenvalue weighted by atomic mass is 9.88. The largest absolute Gasteiger partial charge is 0.317 e. The van der Waals surface area contributed by atoms with Gasteiger partial charge in [0.25, 0.3) is 0 Å². The summed E-state index contributed by atoms with van der Waals surface area (Å²) in [6, 6.07) is 0.511. The number of likely N-dealkylation sites (tertiary alicyclic amines) is 1. The minimum absolute atomic E-state index is 0.305. The van der Waals surface area contributed by atoms with Gasteiger partial charge in [0.2, 0.25) is 0 Å². The number of Topliss-reactive ketones (excluding diaryl/α,β-unsaturated/α-hetero) is 1. The van der Waals surface area contributed by atoms with Crippen LogP contribution < -0.4 is 5.32 Å². The van der Waals surface area contributed by atoms with E-state index < -0.39 is 0 Å². The Bertz CT molecular complexity index is 206. The first-order chi connectivity index (χ1) is 7.13. The van der Waals surface area contributed by atoms with Crippen LogP contribution in [0.15, 0.2) is 0 Å². The van der Waals surface area contributed by atoms with Crippen molar-refractivity contribution in [3.63, 3.8) is 0 Å². The molecule has 0 amide bonds. The van der Waals surface area contributed by atoms with Gasteiger partial charge in [-0.1, -0.05) is 0 Å². The van der Waals surface area contributed by atoms with Crippen molar-refractivity contribution in [3.8, 4) is 0 Å². The average Bonchev–Trinajstić information content (AvgIpc) is 2.18. The van der Waals surface area contributed by atoms with Gasteiger partial charge in [-0.2, -0.15) is 0 Å². The number of piperidine rings is 1. The molecule has 0 saturated carbocycles. The van der Waals surface area contributed by atoms with Gasteiger partial charge in [0.15, 0.2) is 0 Å². The highest BCUT2D eigenvalue weighted by atomic mass is 16.1. The number of ketones is 1. The Morgan fingerprint density at radius 2 is 2.33 bits per heavy atom. The third kappa shape index (κ3) is 4.31. The zero-order valence-electron chi connectivity index (χ0n) is 10.3. The van der Waals surface area contributed by atoms with E-state index in [1.54, 1.807) is 6.92 Å². The maximum Gasteiger partial charge on any atom is 0.129 e. The Labute approximate surface area is 93.2 Å². The van der Waals surface area contributed by atoms with E-state index in [-0.39, 0.29) is 0 Å². The molecule has 88 valence electrons. The first-order valence-corrected chi connectivity index (χ1v) is 5.98. The van der Waals surface area contributed by atoms with Gasteiger partial charge in [-0.25, -0.2) is 0 Å². The van der Waals surface area contributed by atoms with Gasteiger partial charge < -0.3 is 15.0 Å². The Morgan fingerprint density at radius 3 is 2.87 bits per heavy atom. The standard InChI is InChI=1S/C12H24N2O/c1-10(15)6-7-12(13-2)11-5-4-8-14(3)9-11/h11-13H,4-9H2,1-3H3. The van der Waals surface area contributed by atoms with Crippen molar-refractivity contribution in [3.05, 3.63) is 0 Å². The molecule has 2 unspecified atom stereocenters. The number of rotatable bonds is 5. The quantitative estimate of drug-likeness (QED) is 0.745. The van der Waals surface area contributed by atoms with Crippen molar-refractivity contribution < 1.29 is 4.79 Å². The van der Waals surface area contributed by atoms with Crippen molar-refractivity contribution in [2.45, 2.75) is 38.6 Å². The van der Waals surface area contributed by atoms with Gasteiger partial charge in [-0.05, 0) is 52.7 Å². The molecule has 0 spiro atoms. The molecular formula is C12H24N2O. The van der Waals surface area contributed by atoms with Crippen LogP contribution in [-0.4, -0.2) is 43.9 Å². The lowest BCUT2D eigenvalue weighted by Crippen LogP contribution is -2.43. The van der Waals surface area contributed by atoms with Crippen LogP contribution in [-0.2, 0) is 4.79 Å². The molecule has 1 heterocycles. The molecule has 3 nitrogen and oxygen atoms in total. The molecule has 1 fully saturated rings. The van der Waals surface area contributed by atoms with Crippen LogP contribution in [0.3, 0.4) is 0 Å². The van der Waals surface area contributed by atoms with E-state index >= 15 is 0 Å². The van der Waals surface area contributed by atoms with Crippen LogP contribution in [0.25, 0.3) is 0 Å². The van der Waals surface area contributed by atoms with Crippen molar-refractivity contribution in [1.29, 1.82) is 0 Å². The molecule has 15 heavy (non-hydrogen) atoms.